The van der Waals surface area contributed by atoms with Crippen LogP contribution < -0.4 is 23.7 Å². The van der Waals surface area contributed by atoms with Crippen molar-refractivity contribution in [2.24, 2.45) is 0 Å². The molecule has 0 unspecified atom stereocenters. The van der Waals surface area contributed by atoms with Gasteiger partial charge in [-0.25, -0.2) is 24.9 Å². The Labute approximate surface area is 694 Å². The van der Waals surface area contributed by atoms with Crippen LogP contribution in [-0.2, 0) is 32.1 Å². The highest BCUT2D eigenvalue weighted by Crippen LogP contribution is 2.29. The molecule has 25 heteroatoms. The highest BCUT2D eigenvalue weighted by molar-refractivity contribution is 5.98. The lowest BCUT2D eigenvalue weighted by Gasteiger charge is -2.08. The Balaban J connectivity index is 0.000000147. The van der Waals surface area contributed by atoms with Crippen LogP contribution in [-0.4, -0.2) is 104 Å². The van der Waals surface area contributed by atoms with Crippen LogP contribution in [0.3, 0.4) is 0 Å². The minimum atomic E-state index is -0.0916. The maximum atomic E-state index is 12.5. The lowest BCUT2D eigenvalue weighted by molar-refractivity contribution is 0.0978. The van der Waals surface area contributed by atoms with E-state index in [9.17, 15) is 24.0 Å². The second kappa shape index (κ2) is 42.8. The molecule has 0 radical (unpaired) electrons. The van der Waals surface area contributed by atoms with Crippen molar-refractivity contribution in [3.8, 4) is 57.5 Å². The predicted octanol–water partition coefficient (Wildman–Crippen LogP) is 18.5. The molecule has 0 aliphatic heterocycles. The number of nitrogens with zero attached hydrogens (tertiary/aromatic N) is 15. The second-order valence-corrected chi connectivity index (χ2v) is 27.6. The number of aryl methyl sites for hydroxylation is 10. The zero-order valence-electron chi connectivity index (χ0n) is 67.8. The monoisotopic (exact) mass is 1600 g/mol. The van der Waals surface area contributed by atoms with Crippen LogP contribution in [0.5, 0.6) is 57.5 Å². The molecule has 0 N–H and O–H groups in total. The van der Waals surface area contributed by atoms with Crippen molar-refractivity contribution >= 4 is 28.9 Å². The molecule has 0 bridgehead atoms. The molecule has 0 saturated heterocycles. The van der Waals surface area contributed by atoms with Crippen LogP contribution in [0.15, 0.2) is 275 Å². The number of aromatic nitrogens is 15. The first kappa shape index (κ1) is 85.5. The van der Waals surface area contributed by atoms with Crippen LogP contribution in [0.4, 0.5) is 0 Å². The van der Waals surface area contributed by atoms with Crippen molar-refractivity contribution < 1.29 is 47.7 Å². The SMILES string of the molecule is Cc1ccc(CC(=O)c2cc(Oc3cccnc3)cc(C)n2)nc1.Cc1ccc(CC(=O)c2cc(Oc3cccnc3)cc(C)n2)nc1.Cc1ccc(CC(=O)c2cc(Oc3cccnc3)cc(C)n2)nc1.Cc1cccc(CC(=O)c2cc(Oc3cccnc3)cc(C)n2)n1.Cc1cccc(CC(=O)c2cc(Oc3cccnc3)cc(C)n2)n1. The van der Waals surface area contributed by atoms with Gasteiger partial charge in [0.25, 0.3) is 0 Å². The van der Waals surface area contributed by atoms with Crippen molar-refractivity contribution in [2.75, 3.05) is 0 Å². The van der Waals surface area contributed by atoms with Crippen molar-refractivity contribution in [2.45, 2.75) is 101 Å². The van der Waals surface area contributed by atoms with E-state index in [1.807, 2.05) is 142 Å². The summed E-state index contributed by atoms with van der Waals surface area (Å²) in [5, 5.41) is 0. The fraction of sp³-hybridized carbons (Fsp3) is 0.158. The second-order valence-electron chi connectivity index (χ2n) is 27.6. The third-order valence-electron chi connectivity index (χ3n) is 16.9. The van der Waals surface area contributed by atoms with Gasteiger partial charge in [-0.15, -0.1) is 0 Å². The van der Waals surface area contributed by atoms with Crippen LogP contribution in [0, 0.1) is 69.2 Å². The van der Waals surface area contributed by atoms with Crippen molar-refractivity contribution in [1.82, 2.24) is 74.8 Å². The fourth-order valence-corrected chi connectivity index (χ4v) is 11.4. The van der Waals surface area contributed by atoms with Crippen molar-refractivity contribution in [3.05, 3.63) is 388 Å². The molecule has 25 nitrogen and oxygen atoms in total. The molecular weight excluding hydrogens is 1510 g/mol. The number of pyridine rings is 15. The number of hydrogen-bond acceptors (Lipinski definition) is 25. The summed E-state index contributed by atoms with van der Waals surface area (Å²) in [6.07, 6.45) is 22.8. The minimum absolute atomic E-state index is 0.0900. The van der Waals surface area contributed by atoms with E-state index in [0.29, 0.717) is 86.0 Å². The summed E-state index contributed by atoms with van der Waals surface area (Å²) in [6.45, 7) is 18.8. The molecule has 0 atom stereocenters. The Morgan fingerprint density at radius 2 is 0.442 bits per heavy atom. The largest absolute Gasteiger partial charge is 0.456 e. The summed E-state index contributed by atoms with van der Waals surface area (Å²) in [6, 6.07) is 57.8. The van der Waals surface area contributed by atoms with Gasteiger partial charge in [0.05, 0.1) is 63.1 Å². The van der Waals surface area contributed by atoms with Crippen LogP contribution in [0.2, 0.25) is 0 Å². The number of carbonyl (C=O) groups excluding carboxylic acids is 5. The fourth-order valence-electron chi connectivity index (χ4n) is 11.4. The van der Waals surface area contributed by atoms with E-state index >= 15 is 0 Å². The van der Waals surface area contributed by atoms with E-state index < -0.39 is 0 Å². The summed E-state index contributed by atoms with van der Waals surface area (Å²) < 4.78 is 28.7. The van der Waals surface area contributed by atoms with E-state index in [1.165, 1.54) is 0 Å². The maximum absolute atomic E-state index is 12.5. The summed E-state index contributed by atoms with van der Waals surface area (Å²) in [5.74, 6) is 5.44. The molecule has 0 spiro atoms. The number of rotatable bonds is 25. The smallest absolute Gasteiger partial charge is 0.187 e. The Hall–Kier alpha value is -15.4. The number of hydrogen-bond donors (Lipinski definition) is 0. The molecular formula is C95H85N15O10. The Bertz CT molecular complexity index is 5470. The molecule has 15 aromatic heterocycles. The van der Waals surface area contributed by atoms with Gasteiger partial charge in [0, 0.05) is 179 Å². The summed E-state index contributed by atoms with van der Waals surface area (Å²) in [4.78, 5) is 126. The van der Waals surface area contributed by atoms with E-state index in [-0.39, 0.29) is 61.0 Å². The molecule has 600 valence electrons. The minimum Gasteiger partial charge on any atom is -0.456 e. The molecule has 0 aliphatic carbocycles. The molecule has 15 rings (SSSR count). The first-order valence-corrected chi connectivity index (χ1v) is 38.1. The van der Waals surface area contributed by atoms with Crippen LogP contribution in [0.25, 0.3) is 0 Å². The van der Waals surface area contributed by atoms with Gasteiger partial charge < -0.3 is 23.7 Å². The van der Waals surface area contributed by atoms with Gasteiger partial charge >= 0.3 is 0 Å². The van der Waals surface area contributed by atoms with Crippen molar-refractivity contribution in [3.63, 3.8) is 0 Å². The molecule has 15 aromatic rings. The summed E-state index contributed by atoms with van der Waals surface area (Å²) in [7, 11) is 0. The molecule has 0 amide bonds. The van der Waals surface area contributed by atoms with E-state index in [4.69, 9.17) is 23.7 Å². The lowest BCUT2D eigenvalue weighted by atomic mass is 10.1. The molecule has 15 heterocycles. The van der Waals surface area contributed by atoms with E-state index in [1.54, 1.807) is 202 Å². The number of ketones is 5. The zero-order chi connectivity index (χ0) is 84.7. The third kappa shape index (κ3) is 28.0. The predicted molar refractivity (Wildman–Crippen MR) is 451 cm³/mol. The molecule has 120 heavy (non-hydrogen) atoms. The van der Waals surface area contributed by atoms with Gasteiger partial charge in [-0.05, 0) is 189 Å². The molecule has 0 aliphatic rings. The average Bonchev–Trinajstić information content (AvgIpc) is 0.860. The number of carbonyl (C=O) groups is 5. The summed E-state index contributed by atoms with van der Waals surface area (Å²) >= 11 is 0. The first-order chi connectivity index (χ1) is 58.0. The van der Waals surface area contributed by atoms with E-state index in [2.05, 4.69) is 74.8 Å². The summed E-state index contributed by atoms with van der Waals surface area (Å²) in [5.41, 5.74) is 14.1. The maximum Gasteiger partial charge on any atom is 0.187 e. The first-order valence-electron chi connectivity index (χ1n) is 38.1. The van der Waals surface area contributed by atoms with Crippen LogP contribution in [0.1, 0.15) is 137 Å². The van der Waals surface area contributed by atoms with Gasteiger partial charge in [0.1, 0.15) is 86.0 Å². The quantitative estimate of drug-likeness (QED) is 0.0480. The zero-order valence-corrected chi connectivity index (χ0v) is 67.8. The Morgan fingerprint density at radius 1 is 0.217 bits per heavy atom. The lowest BCUT2D eigenvalue weighted by Crippen LogP contribution is -2.08. The van der Waals surface area contributed by atoms with Gasteiger partial charge in [0.2, 0.25) is 0 Å². The number of Topliss-reactive ketones (excluding diaryl/α,β-unsaturated/α-hetero) is 5. The average molecular weight is 1600 g/mol. The van der Waals surface area contributed by atoms with Crippen molar-refractivity contribution in [1.29, 1.82) is 0 Å². The third-order valence-corrected chi connectivity index (χ3v) is 16.9. The highest BCUT2D eigenvalue weighted by Gasteiger charge is 2.19. The molecule has 0 aromatic carbocycles. The molecule has 0 saturated carbocycles. The Kier molecular flexibility index (Phi) is 30.5. The van der Waals surface area contributed by atoms with Gasteiger partial charge in [-0.1, -0.05) is 30.3 Å². The topological polar surface area (TPSA) is 325 Å². The van der Waals surface area contributed by atoms with Crippen LogP contribution >= 0.6 is 0 Å². The van der Waals surface area contributed by atoms with Gasteiger partial charge in [0.15, 0.2) is 28.9 Å². The van der Waals surface area contributed by atoms with Gasteiger partial charge in [-0.2, -0.15) is 0 Å². The normalized spacial score (nSPS) is 10.4. The standard InChI is InChI=1S/5C19H17N3O2/c2*1-13-5-3-6-15(21-13)10-19(23)18-11-17(9-14(2)22-18)24-16-7-4-8-20-12-16;3*1-13-5-6-15(21-11-13)9-19(23)18-10-17(8-14(2)22-18)24-16-4-3-7-20-12-16/h2*3-9,11-12H,10H2,1-2H3;3*3-8,10-12H,9H2,1-2H3. The molecule has 0 fully saturated rings. The Morgan fingerprint density at radius 3 is 0.633 bits per heavy atom. The van der Waals surface area contributed by atoms with E-state index in [0.717, 1.165) is 85.0 Å². The number of ether oxygens (including phenoxy) is 5. The van der Waals surface area contributed by atoms with Gasteiger partial charge in [-0.3, -0.25) is 73.8 Å². The highest BCUT2D eigenvalue weighted by atomic mass is 16.5.